The van der Waals surface area contributed by atoms with E-state index in [2.05, 4.69) is 48.0 Å². The van der Waals surface area contributed by atoms with E-state index in [1.165, 1.54) is 18.4 Å². The largest absolute Gasteiger partial charge is 0.331 e. The van der Waals surface area contributed by atoms with Gasteiger partial charge in [-0.2, -0.15) is 0 Å². The summed E-state index contributed by atoms with van der Waals surface area (Å²) in [6.45, 7) is 4.41. The van der Waals surface area contributed by atoms with Gasteiger partial charge in [0, 0.05) is 23.0 Å². The zero-order valence-corrected chi connectivity index (χ0v) is 15.9. The highest BCUT2D eigenvalue weighted by atomic mass is 32.1. The number of rotatable bonds is 4. The smallest absolute Gasteiger partial charge is 0.273 e. The van der Waals surface area contributed by atoms with Crippen molar-refractivity contribution in [3.63, 3.8) is 0 Å². The van der Waals surface area contributed by atoms with Crippen LogP contribution in [0.1, 0.15) is 61.5 Å². The third-order valence-electron chi connectivity index (χ3n) is 5.58. The highest BCUT2D eigenvalue weighted by Gasteiger charge is 2.39. The SMILES string of the molecule is Cc1ccc(-c2nc(C(=O)N(C3CCC(C)CC3)C3CC3)cs2)cc1. The molecule has 0 N–H and O–H groups in total. The summed E-state index contributed by atoms with van der Waals surface area (Å²) in [5.74, 6) is 0.955. The number of aromatic nitrogens is 1. The average Bonchev–Trinajstić information content (AvgIpc) is 3.32. The first kappa shape index (κ1) is 16.8. The van der Waals surface area contributed by atoms with E-state index in [9.17, 15) is 4.79 Å². The van der Waals surface area contributed by atoms with Crippen LogP contribution in [0.15, 0.2) is 29.6 Å². The van der Waals surface area contributed by atoms with Gasteiger partial charge in [0.15, 0.2) is 0 Å². The molecule has 0 aliphatic heterocycles. The number of hydrogen-bond acceptors (Lipinski definition) is 3. The second kappa shape index (κ2) is 6.91. The molecule has 0 atom stereocenters. The highest BCUT2D eigenvalue weighted by molar-refractivity contribution is 7.13. The summed E-state index contributed by atoms with van der Waals surface area (Å²) in [5, 5.41) is 2.88. The lowest BCUT2D eigenvalue weighted by Gasteiger charge is -2.36. The molecule has 132 valence electrons. The molecule has 0 saturated heterocycles. The first-order valence-electron chi connectivity index (χ1n) is 9.47. The third kappa shape index (κ3) is 3.64. The molecule has 1 aromatic carbocycles. The molecule has 2 saturated carbocycles. The van der Waals surface area contributed by atoms with Gasteiger partial charge in [0.25, 0.3) is 5.91 Å². The molecule has 2 aromatic rings. The molecule has 2 fully saturated rings. The first-order chi connectivity index (χ1) is 12.1. The van der Waals surface area contributed by atoms with Gasteiger partial charge in [-0.15, -0.1) is 11.3 Å². The maximum Gasteiger partial charge on any atom is 0.273 e. The van der Waals surface area contributed by atoms with Crippen molar-refractivity contribution in [2.45, 2.75) is 64.5 Å². The van der Waals surface area contributed by atoms with Crippen LogP contribution in [0.3, 0.4) is 0 Å². The van der Waals surface area contributed by atoms with Crippen molar-refractivity contribution in [1.29, 1.82) is 0 Å². The minimum Gasteiger partial charge on any atom is -0.331 e. The number of amides is 1. The molecule has 1 aromatic heterocycles. The van der Waals surface area contributed by atoms with Crippen LogP contribution >= 0.6 is 11.3 Å². The molecular formula is C21H26N2OS. The van der Waals surface area contributed by atoms with E-state index in [4.69, 9.17) is 0 Å². The van der Waals surface area contributed by atoms with E-state index >= 15 is 0 Å². The fourth-order valence-electron chi connectivity index (χ4n) is 3.84. The molecule has 4 heteroatoms. The lowest BCUT2D eigenvalue weighted by Crippen LogP contribution is -2.43. The third-order valence-corrected chi connectivity index (χ3v) is 6.47. The van der Waals surface area contributed by atoms with Gasteiger partial charge in [-0.25, -0.2) is 4.98 Å². The van der Waals surface area contributed by atoms with E-state index in [1.54, 1.807) is 11.3 Å². The molecule has 25 heavy (non-hydrogen) atoms. The second-order valence-corrected chi connectivity index (χ2v) is 8.62. The lowest BCUT2D eigenvalue weighted by molar-refractivity contribution is 0.0588. The number of nitrogens with zero attached hydrogens (tertiary/aromatic N) is 2. The van der Waals surface area contributed by atoms with Gasteiger partial charge in [-0.05, 0) is 51.4 Å². The van der Waals surface area contributed by atoms with Crippen LogP contribution in [-0.2, 0) is 0 Å². The number of hydrogen-bond donors (Lipinski definition) is 0. The van der Waals surface area contributed by atoms with Crippen molar-refractivity contribution in [2.24, 2.45) is 5.92 Å². The summed E-state index contributed by atoms with van der Waals surface area (Å²) in [4.78, 5) is 20.0. The second-order valence-electron chi connectivity index (χ2n) is 7.76. The first-order valence-corrected chi connectivity index (χ1v) is 10.3. The summed E-state index contributed by atoms with van der Waals surface area (Å²) < 4.78 is 0. The number of carbonyl (C=O) groups is 1. The van der Waals surface area contributed by atoms with Gasteiger partial charge in [0.2, 0.25) is 0 Å². The van der Waals surface area contributed by atoms with Crippen molar-refractivity contribution in [3.8, 4) is 10.6 Å². The van der Waals surface area contributed by atoms with E-state index in [-0.39, 0.29) is 5.91 Å². The fourth-order valence-corrected chi connectivity index (χ4v) is 4.64. The summed E-state index contributed by atoms with van der Waals surface area (Å²) >= 11 is 1.57. The predicted molar refractivity (Wildman–Crippen MR) is 103 cm³/mol. The molecule has 0 spiro atoms. The molecular weight excluding hydrogens is 328 g/mol. The van der Waals surface area contributed by atoms with Crippen LogP contribution in [0.2, 0.25) is 0 Å². The van der Waals surface area contributed by atoms with Gasteiger partial charge >= 0.3 is 0 Å². The molecule has 2 aliphatic carbocycles. The van der Waals surface area contributed by atoms with Crippen LogP contribution in [0.4, 0.5) is 0 Å². The Morgan fingerprint density at radius 1 is 1.04 bits per heavy atom. The zero-order chi connectivity index (χ0) is 17.4. The van der Waals surface area contributed by atoms with Crippen LogP contribution in [-0.4, -0.2) is 27.9 Å². The van der Waals surface area contributed by atoms with E-state index < -0.39 is 0 Å². The number of carbonyl (C=O) groups excluding carboxylic acids is 1. The van der Waals surface area contributed by atoms with Crippen molar-refractivity contribution in [3.05, 3.63) is 40.9 Å². The summed E-state index contributed by atoms with van der Waals surface area (Å²) in [6.07, 6.45) is 7.11. The van der Waals surface area contributed by atoms with Crippen LogP contribution in [0.5, 0.6) is 0 Å². The molecule has 2 aliphatic rings. The Kier molecular flexibility index (Phi) is 4.63. The van der Waals surface area contributed by atoms with Gasteiger partial charge in [0.1, 0.15) is 10.7 Å². The van der Waals surface area contributed by atoms with Gasteiger partial charge < -0.3 is 4.90 Å². The summed E-state index contributed by atoms with van der Waals surface area (Å²) in [7, 11) is 0. The Morgan fingerprint density at radius 3 is 2.24 bits per heavy atom. The van der Waals surface area contributed by atoms with E-state index in [1.807, 2.05) is 5.38 Å². The molecule has 3 nitrogen and oxygen atoms in total. The van der Waals surface area contributed by atoms with Gasteiger partial charge in [-0.1, -0.05) is 36.8 Å². The van der Waals surface area contributed by atoms with E-state index in [0.29, 0.717) is 17.8 Å². The molecule has 4 rings (SSSR count). The number of benzene rings is 1. The summed E-state index contributed by atoms with van der Waals surface area (Å²) in [6, 6.07) is 9.24. The molecule has 1 amide bonds. The zero-order valence-electron chi connectivity index (χ0n) is 15.1. The average molecular weight is 355 g/mol. The lowest BCUT2D eigenvalue weighted by atomic mass is 9.86. The number of aryl methyl sites for hydroxylation is 1. The standard InChI is InChI=1S/C21H26N2OS/c1-14-3-7-16(8-4-14)20-22-19(13-25-20)21(24)23(18-11-12-18)17-9-5-15(2)6-10-17/h3-4,7-8,13,15,17-18H,5-6,9-12H2,1-2H3. The monoisotopic (exact) mass is 354 g/mol. The van der Waals surface area contributed by atoms with Crippen molar-refractivity contribution in [1.82, 2.24) is 9.88 Å². The number of thiazole rings is 1. The van der Waals surface area contributed by atoms with Gasteiger partial charge in [0.05, 0.1) is 0 Å². The molecule has 1 heterocycles. The minimum atomic E-state index is 0.150. The quantitative estimate of drug-likeness (QED) is 0.746. The van der Waals surface area contributed by atoms with Gasteiger partial charge in [-0.3, -0.25) is 4.79 Å². The normalized spacial score (nSPS) is 23.4. The fraction of sp³-hybridized carbons (Fsp3) is 0.524. The Morgan fingerprint density at radius 2 is 1.64 bits per heavy atom. The Hall–Kier alpha value is -1.68. The molecule has 0 bridgehead atoms. The molecule has 0 unspecified atom stereocenters. The minimum absolute atomic E-state index is 0.150. The van der Waals surface area contributed by atoms with Crippen molar-refractivity contribution >= 4 is 17.2 Å². The molecule has 0 radical (unpaired) electrons. The van der Waals surface area contributed by atoms with Crippen LogP contribution < -0.4 is 0 Å². The van der Waals surface area contributed by atoms with Crippen molar-refractivity contribution in [2.75, 3.05) is 0 Å². The van der Waals surface area contributed by atoms with Crippen molar-refractivity contribution < 1.29 is 4.79 Å². The Bertz CT molecular complexity index is 740. The Balaban J connectivity index is 1.53. The van der Waals surface area contributed by atoms with Crippen LogP contribution in [0, 0.1) is 12.8 Å². The topological polar surface area (TPSA) is 33.2 Å². The van der Waals surface area contributed by atoms with E-state index in [0.717, 1.165) is 42.2 Å². The van der Waals surface area contributed by atoms with Crippen LogP contribution in [0.25, 0.3) is 10.6 Å². The maximum absolute atomic E-state index is 13.2. The summed E-state index contributed by atoms with van der Waals surface area (Å²) in [5.41, 5.74) is 2.97. The maximum atomic E-state index is 13.2. The predicted octanol–water partition coefficient (Wildman–Crippen LogP) is 5.30. The Labute approximate surface area is 154 Å². The highest BCUT2D eigenvalue weighted by Crippen LogP contribution is 2.36.